The Morgan fingerprint density at radius 2 is 2.20 bits per heavy atom. The lowest BCUT2D eigenvalue weighted by atomic mass is 9.85. The Bertz CT molecular complexity index is 781. The second kappa shape index (κ2) is 6.31. The molecule has 1 saturated carbocycles. The lowest BCUT2D eigenvalue weighted by Gasteiger charge is -2.27. The molecule has 0 radical (unpaired) electrons. The highest BCUT2D eigenvalue weighted by atomic mass is 16.6. The Hall–Kier alpha value is -2.70. The van der Waals surface area contributed by atoms with Crippen LogP contribution in [0.1, 0.15) is 37.9 Å². The average molecular weight is 341 g/mol. The normalized spacial score (nSPS) is 21.4. The maximum atomic E-state index is 12.6. The van der Waals surface area contributed by atoms with Gasteiger partial charge < -0.3 is 14.6 Å². The second-order valence-corrected chi connectivity index (χ2v) is 6.64. The van der Waals surface area contributed by atoms with E-state index in [9.17, 15) is 9.59 Å². The first-order valence-electron chi connectivity index (χ1n) is 8.52. The van der Waals surface area contributed by atoms with Gasteiger partial charge in [0.05, 0.1) is 18.9 Å². The molecule has 1 N–H and O–H groups in total. The Labute approximate surface area is 144 Å². The average Bonchev–Trinajstić information content (AvgIpc) is 3.35. The van der Waals surface area contributed by atoms with E-state index in [1.165, 1.54) is 0 Å². The number of hydrogen-bond acceptors (Lipinski definition) is 6. The van der Waals surface area contributed by atoms with E-state index in [0.29, 0.717) is 11.5 Å². The number of pyridine rings is 1. The third kappa shape index (κ3) is 3.01. The second-order valence-electron chi connectivity index (χ2n) is 6.64. The van der Waals surface area contributed by atoms with Gasteiger partial charge in [0.25, 0.3) is 0 Å². The summed E-state index contributed by atoms with van der Waals surface area (Å²) in [6.07, 6.45) is 7.07. The first-order chi connectivity index (χ1) is 12.2. The quantitative estimate of drug-likeness (QED) is 0.857. The molecule has 0 bridgehead atoms. The molecule has 2 aromatic rings. The number of aromatic nitrogens is 2. The zero-order valence-corrected chi connectivity index (χ0v) is 13.7. The predicted octanol–water partition coefficient (Wildman–Crippen LogP) is 2.23. The standard InChI is InChI=1S/C18H19N3O4/c22-16-9-14(18(24-16)5-1-2-6-18)17(23)20-11-13-8-15(21-25-13)12-4-3-7-19-10-12/h3-4,7-8,10,14H,1-2,5-6,9,11H2,(H,20,23)/t14-/m1/s1. The van der Waals surface area contributed by atoms with Crippen LogP contribution in [0.15, 0.2) is 35.1 Å². The van der Waals surface area contributed by atoms with Crippen molar-refractivity contribution in [3.05, 3.63) is 36.4 Å². The van der Waals surface area contributed by atoms with Crippen molar-refractivity contribution in [3.63, 3.8) is 0 Å². The molecule has 1 spiro atoms. The minimum atomic E-state index is -0.594. The van der Waals surface area contributed by atoms with E-state index in [1.54, 1.807) is 18.5 Å². The molecular formula is C18H19N3O4. The van der Waals surface area contributed by atoms with E-state index >= 15 is 0 Å². The van der Waals surface area contributed by atoms with Gasteiger partial charge in [-0.1, -0.05) is 5.16 Å². The third-order valence-corrected chi connectivity index (χ3v) is 5.04. The van der Waals surface area contributed by atoms with Gasteiger partial charge in [-0.2, -0.15) is 0 Å². The highest BCUT2D eigenvalue weighted by Gasteiger charge is 2.53. The van der Waals surface area contributed by atoms with E-state index in [4.69, 9.17) is 9.26 Å². The third-order valence-electron chi connectivity index (χ3n) is 5.04. The van der Waals surface area contributed by atoms with Gasteiger partial charge in [0.15, 0.2) is 5.76 Å². The maximum Gasteiger partial charge on any atom is 0.307 e. The molecule has 1 aliphatic carbocycles. The fraction of sp³-hybridized carbons (Fsp3) is 0.444. The van der Waals surface area contributed by atoms with Crippen LogP contribution in [0.4, 0.5) is 0 Å². The number of rotatable bonds is 4. The maximum absolute atomic E-state index is 12.6. The van der Waals surface area contributed by atoms with Crippen molar-refractivity contribution >= 4 is 11.9 Å². The molecule has 1 aliphatic heterocycles. The molecule has 1 amide bonds. The van der Waals surface area contributed by atoms with Gasteiger partial charge in [-0.3, -0.25) is 14.6 Å². The van der Waals surface area contributed by atoms with E-state index in [-0.39, 0.29) is 24.8 Å². The number of carbonyl (C=O) groups excluding carboxylic acids is 2. The van der Waals surface area contributed by atoms with Crippen LogP contribution in [-0.4, -0.2) is 27.6 Å². The molecule has 1 atom stereocenters. The van der Waals surface area contributed by atoms with Gasteiger partial charge in [0.2, 0.25) is 5.91 Å². The fourth-order valence-electron chi connectivity index (χ4n) is 3.79. The number of amides is 1. The number of nitrogens with zero attached hydrogens (tertiary/aromatic N) is 2. The molecule has 2 aliphatic rings. The summed E-state index contributed by atoms with van der Waals surface area (Å²) in [7, 11) is 0. The van der Waals surface area contributed by atoms with Crippen LogP contribution in [0.2, 0.25) is 0 Å². The largest absolute Gasteiger partial charge is 0.458 e. The number of carbonyl (C=O) groups is 2. The molecule has 1 saturated heterocycles. The summed E-state index contributed by atoms with van der Waals surface area (Å²) in [5.74, 6) is -0.297. The lowest BCUT2D eigenvalue weighted by molar-refractivity contribution is -0.150. The van der Waals surface area contributed by atoms with E-state index in [2.05, 4.69) is 15.5 Å². The van der Waals surface area contributed by atoms with Crippen LogP contribution >= 0.6 is 0 Å². The summed E-state index contributed by atoms with van der Waals surface area (Å²) in [6, 6.07) is 5.49. The number of nitrogens with one attached hydrogen (secondary N) is 1. The Morgan fingerprint density at radius 3 is 2.96 bits per heavy atom. The summed E-state index contributed by atoms with van der Waals surface area (Å²) in [5.41, 5.74) is 0.927. The monoisotopic (exact) mass is 341 g/mol. The smallest absolute Gasteiger partial charge is 0.307 e. The molecular weight excluding hydrogens is 322 g/mol. The molecule has 0 aromatic carbocycles. The highest BCUT2D eigenvalue weighted by molar-refractivity contribution is 5.87. The molecule has 2 fully saturated rings. The van der Waals surface area contributed by atoms with Crippen molar-refractivity contribution in [2.75, 3.05) is 0 Å². The summed E-state index contributed by atoms with van der Waals surface area (Å²) in [4.78, 5) is 28.4. The lowest BCUT2D eigenvalue weighted by Crippen LogP contribution is -2.42. The van der Waals surface area contributed by atoms with Crippen molar-refractivity contribution in [2.24, 2.45) is 5.92 Å². The van der Waals surface area contributed by atoms with Crippen molar-refractivity contribution < 1.29 is 18.8 Å². The zero-order valence-electron chi connectivity index (χ0n) is 13.7. The number of esters is 1. The summed E-state index contributed by atoms with van der Waals surface area (Å²) < 4.78 is 10.8. The van der Waals surface area contributed by atoms with E-state index < -0.39 is 11.5 Å². The Morgan fingerprint density at radius 1 is 1.36 bits per heavy atom. The van der Waals surface area contributed by atoms with Crippen LogP contribution in [0.5, 0.6) is 0 Å². The summed E-state index contributed by atoms with van der Waals surface area (Å²) in [6.45, 7) is 0.229. The molecule has 7 heteroatoms. The molecule has 7 nitrogen and oxygen atoms in total. The van der Waals surface area contributed by atoms with Gasteiger partial charge in [-0.25, -0.2) is 0 Å². The summed E-state index contributed by atoms with van der Waals surface area (Å²) >= 11 is 0. The number of hydrogen-bond donors (Lipinski definition) is 1. The fourth-order valence-corrected chi connectivity index (χ4v) is 3.79. The molecule has 130 valence electrons. The molecule has 0 unspecified atom stereocenters. The molecule has 25 heavy (non-hydrogen) atoms. The van der Waals surface area contributed by atoms with Crippen LogP contribution < -0.4 is 5.32 Å². The van der Waals surface area contributed by atoms with Gasteiger partial charge in [-0.05, 0) is 37.8 Å². The molecule has 2 aromatic heterocycles. The Kier molecular flexibility index (Phi) is 3.99. The van der Waals surface area contributed by atoms with Crippen LogP contribution in [-0.2, 0) is 20.9 Å². The minimum Gasteiger partial charge on any atom is -0.458 e. The predicted molar refractivity (Wildman–Crippen MR) is 87.0 cm³/mol. The first kappa shape index (κ1) is 15.8. The van der Waals surface area contributed by atoms with Crippen molar-refractivity contribution in [1.82, 2.24) is 15.5 Å². The highest BCUT2D eigenvalue weighted by Crippen LogP contribution is 2.45. The van der Waals surface area contributed by atoms with Crippen LogP contribution in [0, 0.1) is 5.92 Å². The zero-order chi connectivity index (χ0) is 17.3. The molecule has 4 rings (SSSR count). The van der Waals surface area contributed by atoms with Gasteiger partial charge in [0, 0.05) is 24.0 Å². The topological polar surface area (TPSA) is 94.3 Å². The van der Waals surface area contributed by atoms with E-state index in [1.807, 2.05) is 12.1 Å². The van der Waals surface area contributed by atoms with Crippen molar-refractivity contribution in [3.8, 4) is 11.3 Å². The Balaban J connectivity index is 1.41. The summed E-state index contributed by atoms with van der Waals surface area (Å²) in [5, 5.41) is 6.86. The van der Waals surface area contributed by atoms with Crippen LogP contribution in [0.25, 0.3) is 11.3 Å². The van der Waals surface area contributed by atoms with Crippen molar-refractivity contribution in [2.45, 2.75) is 44.2 Å². The van der Waals surface area contributed by atoms with Crippen LogP contribution in [0.3, 0.4) is 0 Å². The molecule has 3 heterocycles. The number of ether oxygens (including phenoxy) is 1. The van der Waals surface area contributed by atoms with Crippen molar-refractivity contribution in [1.29, 1.82) is 0 Å². The van der Waals surface area contributed by atoms with Gasteiger partial charge >= 0.3 is 5.97 Å². The van der Waals surface area contributed by atoms with Gasteiger partial charge in [0.1, 0.15) is 11.3 Å². The van der Waals surface area contributed by atoms with Gasteiger partial charge in [-0.15, -0.1) is 0 Å². The van der Waals surface area contributed by atoms with E-state index in [0.717, 1.165) is 31.2 Å². The SMILES string of the molecule is O=C1C[C@H](C(=O)NCc2cc(-c3cccnc3)no2)C2(CCCC2)O1. The minimum absolute atomic E-state index is 0.156. The first-order valence-corrected chi connectivity index (χ1v) is 8.52.